The lowest BCUT2D eigenvalue weighted by Crippen LogP contribution is -2.17. The summed E-state index contributed by atoms with van der Waals surface area (Å²) < 4.78 is 45.2. The number of nitrogens with two attached hydrogens (primary N) is 1. The molecular formula is C14H9BrF3NOS. The zero-order chi connectivity index (χ0) is 15.6. The highest BCUT2D eigenvalue weighted by atomic mass is 79.9. The number of benzene rings is 2. The van der Waals surface area contributed by atoms with Crippen LogP contribution in [-0.2, 0) is 6.18 Å². The third-order valence-corrected chi connectivity index (χ3v) is 3.50. The molecule has 0 bridgehead atoms. The van der Waals surface area contributed by atoms with E-state index in [4.69, 9.17) is 10.5 Å². The number of rotatable bonds is 3. The van der Waals surface area contributed by atoms with E-state index in [1.165, 1.54) is 12.1 Å². The van der Waals surface area contributed by atoms with Crippen molar-refractivity contribution in [1.82, 2.24) is 0 Å². The van der Waals surface area contributed by atoms with Crippen LogP contribution in [0, 0.1) is 0 Å². The van der Waals surface area contributed by atoms with Gasteiger partial charge >= 0.3 is 6.18 Å². The van der Waals surface area contributed by atoms with Crippen LogP contribution in [0.15, 0.2) is 46.9 Å². The van der Waals surface area contributed by atoms with Crippen molar-refractivity contribution in [1.29, 1.82) is 0 Å². The van der Waals surface area contributed by atoms with Crippen LogP contribution in [0.2, 0.25) is 0 Å². The molecule has 0 aliphatic carbocycles. The van der Waals surface area contributed by atoms with Gasteiger partial charge in [-0.1, -0.05) is 24.4 Å². The van der Waals surface area contributed by atoms with Gasteiger partial charge in [0, 0.05) is 5.56 Å². The third-order valence-electron chi connectivity index (χ3n) is 2.63. The predicted molar refractivity (Wildman–Crippen MR) is 81.5 cm³/mol. The first-order chi connectivity index (χ1) is 9.79. The summed E-state index contributed by atoms with van der Waals surface area (Å²) in [5, 5.41) is 0. The molecule has 0 amide bonds. The summed E-state index contributed by atoms with van der Waals surface area (Å²) in [6.45, 7) is 0. The summed E-state index contributed by atoms with van der Waals surface area (Å²) in [5.41, 5.74) is 4.18. The maximum absolute atomic E-state index is 13.0. The minimum absolute atomic E-state index is 0.0502. The van der Waals surface area contributed by atoms with Crippen molar-refractivity contribution in [3.8, 4) is 11.5 Å². The Kier molecular flexibility index (Phi) is 4.53. The Morgan fingerprint density at radius 1 is 1.14 bits per heavy atom. The van der Waals surface area contributed by atoms with Gasteiger partial charge in [0.1, 0.15) is 16.5 Å². The second-order valence-corrected chi connectivity index (χ2v) is 5.40. The fourth-order valence-electron chi connectivity index (χ4n) is 1.69. The second kappa shape index (κ2) is 6.03. The van der Waals surface area contributed by atoms with Gasteiger partial charge in [-0.05, 0) is 46.3 Å². The number of hydrogen-bond donors (Lipinski definition) is 1. The fraction of sp³-hybridized carbons (Fsp3) is 0.0714. The third kappa shape index (κ3) is 3.74. The van der Waals surface area contributed by atoms with Crippen LogP contribution in [0.3, 0.4) is 0 Å². The highest BCUT2D eigenvalue weighted by molar-refractivity contribution is 9.10. The lowest BCUT2D eigenvalue weighted by molar-refractivity contribution is -0.137. The molecule has 0 fully saturated rings. The van der Waals surface area contributed by atoms with Crippen LogP contribution in [-0.4, -0.2) is 4.99 Å². The van der Waals surface area contributed by atoms with Gasteiger partial charge in [0.15, 0.2) is 0 Å². The Balaban J connectivity index is 2.43. The Morgan fingerprint density at radius 2 is 1.81 bits per heavy atom. The van der Waals surface area contributed by atoms with E-state index in [2.05, 4.69) is 28.1 Å². The molecule has 110 valence electrons. The molecule has 0 spiro atoms. The molecule has 0 aliphatic heterocycles. The highest BCUT2D eigenvalue weighted by Crippen LogP contribution is 2.36. The Labute approximate surface area is 132 Å². The van der Waals surface area contributed by atoms with E-state index in [1.807, 2.05) is 0 Å². The molecule has 0 saturated heterocycles. The van der Waals surface area contributed by atoms with Crippen molar-refractivity contribution in [2.24, 2.45) is 5.73 Å². The zero-order valence-electron chi connectivity index (χ0n) is 10.4. The molecule has 2 nitrogen and oxygen atoms in total. The van der Waals surface area contributed by atoms with Crippen molar-refractivity contribution in [3.05, 3.63) is 58.1 Å². The molecule has 0 aliphatic rings. The largest absolute Gasteiger partial charge is 0.456 e. The molecule has 2 rings (SSSR count). The van der Waals surface area contributed by atoms with E-state index in [1.54, 1.807) is 24.3 Å². The number of hydrogen-bond acceptors (Lipinski definition) is 2. The first-order valence-electron chi connectivity index (χ1n) is 5.72. The molecule has 0 heterocycles. The molecule has 2 aromatic carbocycles. The zero-order valence-corrected chi connectivity index (χ0v) is 12.8. The standard InChI is InChI=1S/C14H9BrF3NOS/c15-11-3-1-2-4-12(11)20-8-5-6-9(13(19)21)10(7-8)14(16,17)18/h1-7H,(H2,19,21). The van der Waals surface area contributed by atoms with Crippen LogP contribution in [0.25, 0.3) is 0 Å². The van der Waals surface area contributed by atoms with Gasteiger partial charge in [-0.3, -0.25) is 0 Å². The Bertz CT molecular complexity index is 688. The van der Waals surface area contributed by atoms with Crippen LogP contribution < -0.4 is 10.5 Å². The lowest BCUT2D eigenvalue weighted by Gasteiger charge is -2.14. The van der Waals surface area contributed by atoms with Crippen molar-refractivity contribution in [2.45, 2.75) is 6.18 Å². The van der Waals surface area contributed by atoms with E-state index in [0.29, 0.717) is 10.2 Å². The molecular weight excluding hydrogens is 367 g/mol. The maximum atomic E-state index is 13.0. The minimum Gasteiger partial charge on any atom is -0.456 e. The SMILES string of the molecule is NC(=S)c1ccc(Oc2ccccc2Br)cc1C(F)(F)F. The number of ether oxygens (including phenoxy) is 1. The second-order valence-electron chi connectivity index (χ2n) is 4.10. The number of para-hydroxylation sites is 1. The highest BCUT2D eigenvalue weighted by Gasteiger charge is 2.34. The normalized spacial score (nSPS) is 11.2. The Morgan fingerprint density at radius 3 is 2.38 bits per heavy atom. The van der Waals surface area contributed by atoms with Gasteiger partial charge in [-0.2, -0.15) is 13.2 Å². The molecule has 0 unspecified atom stereocenters. The average Bonchev–Trinajstić information content (AvgIpc) is 2.40. The average molecular weight is 376 g/mol. The van der Waals surface area contributed by atoms with Crippen LogP contribution >= 0.6 is 28.1 Å². The summed E-state index contributed by atoms with van der Waals surface area (Å²) >= 11 is 7.90. The van der Waals surface area contributed by atoms with E-state index in [9.17, 15) is 13.2 Å². The maximum Gasteiger partial charge on any atom is 0.417 e. The van der Waals surface area contributed by atoms with Crippen molar-refractivity contribution >= 4 is 33.1 Å². The van der Waals surface area contributed by atoms with Gasteiger partial charge in [0.05, 0.1) is 10.0 Å². The molecule has 0 atom stereocenters. The molecule has 0 saturated carbocycles. The first kappa shape index (κ1) is 15.8. The predicted octanol–water partition coefficient (Wildman–Crippen LogP) is 4.89. The van der Waals surface area contributed by atoms with Gasteiger partial charge in [0.2, 0.25) is 0 Å². The van der Waals surface area contributed by atoms with Gasteiger partial charge in [-0.25, -0.2) is 0 Å². The fourth-order valence-corrected chi connectivity index (χ4v) is 2.23. The summed E-state index contributed by atoms with van der Waals surface area (Å²) in [6.07, 6.45) is -4.56. The number of thiocarbonyl (C=S) groups is 1. The molecule has 0 aromatic heterocycles. The van der Waals surface area contributed by atoms with E-state index >= 15 is 0 Å². The summed E-state index contributed by atoms with van der Waals surface area (Å²) in [4.78, 5) is -0.310. The Hall–Kier alpha value is -1.60. The van der Waals surface area contributed by atoms with Crippen LogP contribution in [0.4, 0.5) is 13.2 Å². The van der Waals surface area contributed by atoms with Crippen LogP contribution in [0.1, 0.15) is 11.1 Å². The number of halogens is 4. The van der Waals surface area contributed by atoms with Crippen LogP contribution in [0.5, 0.6) is 11.5 Å². The summed E-state index contributed by atoms with van der Waals surface area (Å²) in [7, 11) is 0. The van der Waals surface area contributed by atoms with Gasteiger partial charge in [-0.15, -0.1) is 0 Å². The van der Waals surface area contributed by atoms with Gasteiger partial charge < -0.3 is 10.5 Å². The first-order valence-corrected chi connectivity index (χ1v) is 6.92. The summed E-state index contributed by atoms with van der Waals surface area (Å²) in [6, 6.07) is 10.3. The minimum atomic E-state index is -4.56. The number of alkyl halides is 3. The van der Waals surface area contributed by atoms with Crippen molar-refractivity contribution in [2.75, 3.05) is 0 Å². The molecule has 2 aromatic rings. The van der Waals surface area contributed by atoms with E-state index < -0.39 is 11.7 Å². The smallest absolute Gasteiger partial charge is 0.417 e. The quantitative estimate of drug-likeness (QED) is 0.775. The monoisotopic (exact) mass is 375 g/mol. The van der Waals surface area contributed by atoms with E-state index in [-0.39, 0.29) is 16.3 Å². The summed E-state index contributed by atoms with van der Waals surface area (Å²) in [5.74, 6) is 0.461. The molecule has 0 radical (unpaired) electrons. The van der Waals surface area contributed by atoms with E-state index in [0.717, 1.165) is 6.07 Å². The molecule has 2 N–H and O–H groups in total. The molecule has 7 heteroatoms. The lowest BCUT2D eigenvalue weighted by atomic mass is 10.1. The van der Waals surface area contributed by atoms with Crippen molar-refractivity contribution < 1.29 is 17.9 Å². The molecule has 21 heavy (non-hydrogen) atoms. The van der Waals surface area contributed by atoms with Crippen molar-refractivity contribution in [3.63, 3.8) is 0 Å². The topological polar surface area (TPSA) is 35.2 Å². The van der Waals surface area contributed by atoms with Gasteiger partial charge in [0.25, 0.3) is 0 Å².